The van der Waals surface area contributed by atoms with Gasteiger partial charge in [-0.1, -0.05) is 5.16 Å². The molecule has 5 heteroatoms. The van der Waals surface area contributed by atoms with Gasteiger partial charge in [-0.3, -0.25) is 0 Å². The van der Waals surface area contributed by atoms with E-state index in [1.165, 1.54) is 0 Å². The molecule has 1 heterocycles. The summed E-state index contributed by atoms with van der Waals surface area (Å²) >= 11 is 0. The molecule has 0 aliphatic carbocycles. The standard InChI is InChI=1S/C10H19N3O2/c1-7(10(3,4)14)11-6-5-9-12-8(2)15-13-9/h7,11,14H,5-6H2,1-4H3. The molecule has 1 aromatic rings. The quantitative estimate of drug-likeness (QED) is 0.752. The Morgan fingerprint density at radius 2 is 2.20 bits per heavy atom. The van der Waals surface area contributed by atoms with E-state index in [1.54, 1.807) is 20.8 Å². The Morgan fingerprint density at radius 1 is 1.53 bits per heavy atom. The summed E-state index contributed by atoms with van der Waals surface area (Å²) in [6.45, 7) is 8.00. The molecule has 0 spiro atoms. The van der Waals surface area contributed by atoms with E-state index in [1.807, 2.05) is 6.92 Å². The molecule has 0 saturated heterocycles. The molecule has 0 fully saturated rings. The van der Waals surface area contributed by atoms with Gasteiger partial charge in [-0.05, 0) is 20.8 Å². The van der Waals surface area contributed by atoms with Crippen molar-refractivity contribution in [2.24, 2.45) is 0 Å². The zero-order chi connectivity index (χ0) is 11.5. The van der Waals surface area contributed by atoms with Gasteiger partial charge in [0.1, 0.15) is 0 Å². The summed E-state index contributed by atoms with van der Waals surface area (Å²) in [5.41, 5.74) is -0.715. The van der Waals surface area contributed by atoms with Crippen molar-refractivity contribution in [3.63, 3.8) is 0 Å². The molecule has 1 unspecified atom stereocenters. The molecule has 5 nitrogen and oxygen atoms in total. The molecule has 1 atom stereocenters. The summed E-state index contributed by atoms with van der Waals surface area (Å²) in [6.07, 6.45) is 0.706. The average Bonchev–Trinajstić information content (AvgIpc) is 2.49. The van der Waals surface area contributed by atoms with Gasteiger partial charge < -0.3 is 14.9 Å². The van der Waals surface area contributed by atoms with Gasteiger partial charge >= 0.3 is 0 Å². The van der Waals surface area contributed by atoms with Crippen molar-refractivity contribution in [3.8, 4) is 0 Å². The summed E-state index contributed by atoms with van der Waals surface area (Å²) in [6, 6.07) is 0.0329. The number of rotatable bonds is 5. The molecular formula is C10H19N3O2. The first-order valence-corrected chi connectivity index (χ1v) is 5.14. The van der Waals surface area contributed by atoms with Gasteiger partial charge in [-0.25, -0.2) is 0 Å². The average molecular weight is 213 g/mol. The summed E-state index contributed by atoms with van der Waals surface area (Å²) in [7, 11) is 0. The van der Waals surface area contributed by atoms with E-state index in [-0.39, 0.29) is 6.04 Å². The Kier molecular flexibility index (Phi) is 3.82. The minimum atomic E-state index is -0.715. The highest BCUT2D eigenvalue weighted by molar-refractivity contribution is 4.86. The lowest BCUT2D eigenvalue weighted by atomic mass is 10.0. The third-order valence-corrected chi connectivity index (χ3v) is 2.43. The Hall–Kier alpha value is -0.940. The highest BCUT2D eigenvalue weighted by Gasteiger charge is 2.21. The van der Waals surface area contributed by atoms with Crippen LogP contribution in [-0.4, -0.2) is 33.4 Å². The highest BCUT2D eigenvalue weighted by atomic mass is 16.5. The number of aromatic nitrogens is 2. The minimum absolute atomic E-state index is 0.0329. The van der Waals surface area contributed by atoms with Gasteiger partial charge in [0.05, 0.1) is 5.60 Å². The number of aliphatic hydroxyl groups is 1. The summed E-state index contributed by atoms with van der Waals surface area (Å²) < 4.78 is 4.85. The van der Waals surface area contributed by atoms with E-state index < -0.39 is 5.60 Å². The maximum absolute atomic E-state index is 9.68. The van der Waals surface area contributed by atoms with Crippen molar-refractivity contribution in [1.82, 2.24) is 15.5 Å². The largest absolute Gasteiger partial charge is 0.389 e. The molecular weight excluding hydrogens is 194 g/mol. The molecule has 15 heavy (non-hydrogen) atoms. The van der Waals surface area contributed by atoms with Crippen LogP contribution < -0.4 is 5.32 Å². The van der Waals surface area contributed by atoms with Crippen LogP contribution in [0.15, 0.2) is 4.52 Å². The van der Waals surface area contributed by atoms with Crippen molar-refractivity contribution in [1.29, 1.82) is 0 Å². The van der Waals surface area contributed by atoms with Gasteiger partial charge in [0.2, 0.25) is 5.89 Å². The number of hydrogen-bond acceptors (Lipinski definition) is 5. The summed E-state index contributed by atoms with van der Waals surface area (Å²) in [5, 5.41) is 16.7. The fourth-order valence-electron chi connectivity index (χ4n) is 1.09. The van der Waals surface area contributed by atoms with Gasteiger partial charge in [-0.2, -0.15) is 4.98 Å². The molecule has 0 aliphatic rings. The van der Waals surface area contributed by atoms with Gasteiger partial charge in [0.15, 0.2) is 5.82 Å². The first-order chi connectivity index (χ1) is 6.89. The lowest BCUT2D eigenvalue weighted by Crippen LogP contribution is -2.45. The van der Waals surface area contributed by atoms with Gasteiger partial charge in [0.25, 0.3) is 0 Å². The molecule has 2 N–H and O–H groups in total. The van der Waals surface area contributed by atoms with Crippen LogP contribution in [0.3, 0.4) is 0 Å². The first kappa shape index (κ1) is 12.1. The van der Waals surface area contributed by atoms with Crippen molar-refractivity contribution in [2.45, 2.75) is 45.8 Å². The first-order valence-electron chi connectivity index (χ1n) is 5.14. The van der Waals surface area contributed by atoms with Crippen LogP contribution >= 0.6 is 0 Å². The predicted molar refractivity (Wildman–Crippen MR) is 56.5 cm³/mol. The fourth-order valence-corrected chi connectivity index (χ4v) is 1.09. The summed E-state index contributed by atoms with van der Waals surface area (Å²) in [5.74, 6) is 1.28. The maximum atomic E-state index is 9.68. The molecule has 1 aromatic heterocycles. The van der Waals surface area contributed by atoms with Crippen LogP contribution in [0.4, 0.5) is 0 Å². The van der Waals surface area contributed by atoms with Crippen LogP contribution in [0.1, 0.15) is 32.5 Å². The Bertz CT molecular complexity index is 304. The van der Waals surface area contributed by atoms with E-state index in [2.05, 4.69) is 15.5 Å². The number of nitrogens with one attached hydrogen (secondary N) is 1. The third-order valence-electron chi connectivity index (χ3n) is 2.43. The molecule has 0 saturated carbocycles. The Balaban J connectivity index is 2.28. The molecule has 86 valence electrons. The van der Waals surface area contributed by atoms with Crippen LogP contribution in [0, 0.1) is 6.92 Å². The molecule has 0 aliphatic heterocycles. The van der Waals surface area contributed by atoms with Crippen molar-refractivity contribution < 1.29 is 9.63 Å². The maximum Gasteiger partial charge on any atom is 0.223 e. The second-order valence-corrected chi connectivity index (χ2v) is 4.31. The summed E-state index contributed by atoms with van der Waals surface area (Å²) in [4.78, 5) is 4.09. The molecule has 0 aromatic carbocycles. The number of nitrogens with zero attached hydrogens (tertiary/aromatic N) is 2. The molecule has 1 rings (SSSR count). The highest BCUT2D eigenvalue weighted by Crippen LogP contribution is 2.07. The molecule has 0 radical (unpaired) electrons. The number of aryl methyl sites for hydroxylation is 1. The zero-order valence-corrected chi connectivity index (χ0v) is 9.74. The van der Waals surface area contributed by atoms with Crippen LogP contribution in [-0.2, 0) is 6.42 Å². The van der Waals surface area contributed by atoms with E-state index in [0.29, 0.717) is 18.1 Å². The molecule has 0 bridgehead atoms. The van der Waals surface area contributed by atoms with Gasteiger partial charge in [-0.15, -0.1) is 0 Å². The van der Waals surface area contributed by atoms with E-state index >= 15 is 0 Å². The smallest absolute Gasteiger partial charge is 0.223 e. The Labute approximate surface area is 89.9 Å². The minimum Gasteiger partial charge on any atom is -0.389 e. The van der Waals surface area contributed by atoms with E-state index in [4.69, 9.17) is 4.52 Å². The SMILES string of the molecule is Cc1nc(CCNC(C)C(C)(C)O)no1. The van der Waals surface area contributed by atoms with Crippen LogP contribution in [0.5, 0.6) is 0 Å². The van der Waals surface area contributed by atoms with E-state index in [0.717, 1.165) is 6.54 Å². The van der Waals surface area contributed by atoms with E-state index in [9.17, 15) is 5.11 Å². The lowest BCUT2D eigenvalue weighted by molar-refractivity contribution is 0.0445. The van der Waals surface area contributed by atoms with Crippen LogP contribution in [0.2, 0.25) is 0 Å². The topological polar surface area (TPSA) is 71.2 Å². The monoisotopic (exact) mass is 213 g/mol. The lowest BCUT2D eigenvalue weighted by Gasteiger charge is -2.26. The second-order valence-electron chi connectivity index (χ2n) is 4.31. The fraction of sp³-hybridized carbons (Fsp3) is 0.800. The Morgan fingerprint density at radius 3 is 2.67 bits per heavy atom. The molecule has 0 amide bonds. The normalized spacial score (nSPS) is 14.2. The van der Waals surface area contributed by atoms with Crippen molar-refractivity contribution in [3.05, 3.63) is 11.7 Å². The van der Waals surface area contributed by atoms with Gasteiger partial charge in [0, 0.05) is 25.9 Å². The second kappa shape index (κ2) is 4.72. The van der Waals surface area contributed by atoms with Crippen LogP contribution in [0.25, 0.3) is 0 Å². The zero-order valence-electron chi connectivity index (χ0n) is 9.74. The number of hydrogen-bond donors (Lipinski definition) is 2. The van der Waals surface area contributed by atoms with Crippen molar-refractivity contribution >= 4 is 0 Å². The van der Waals surface area contributed by atoms with Crippen molar-refractivity contribution in [2.75, 3.05) is 6.54 Å². The predicted octanol–water partition coefficient (Wildman–Crippen LogP) is 0.670. The third kappa shape index (κ3) is 3.97.